The summed E-state index contributed by atoms with van der Waals surface area (Å²) >= 11 is 12.4. The van der Waals surface area contributed by atoms with Gasteiger partial charge in [0.2, 0.25) is 21.8 Å². The van der Waals surface area contributed by atoms with E-state index in [-0.39, 0.29) is 18.1 Å². The molecule has 3 aromatic rings. The molecule has 0 aliphatic heterocycles. The molecule has 0 saturated heterocycles. The van der Waals surface area contributed by atoms with Gasteiger partial charge in [-0.05, 0) is 67.4 Å². The van der Waals surface area contributed by atoms with Gasteiger partial charge in [0.1, 0.15) is 24.1 Å². The molecule has 0 heterocycles. The molecular formula is C28H31Cl2N3O5S. The molecule has 3 rings (SSSR count). The second-order valence-corrected chi connectivity index (χ2v) is 11.5. The number of anilines is 1. The highest BCUT2D eigenvalue weighted by Crippen LogP contribution is 2.27. The van der Waals surface area contributed by atoms with Crippen molar-refractivity contribution in [3.05, 3.63) is 88.4 Å². The Morgan fingerprint density at radius 2 is 1.59 bits per heavy atom. The van der Waals surface area contributed by atoms with Gasteiger partial charge in [0.15, 0.2) is 0 Å². The Morgan fingerprint density at radius 3 is 2.15 bits per heavy atom. The van der Waals surface area contributed by atoms with Gasteiger partial charge in [-0.1, -0.05) is 54.4 Å². The van der Waals surface area contributed by atoms with Crippen molar-refractivity contribution in [2.45, 2.75) is 32.9 Å². The summed E-state index contributed by atoms with van der Waals surface area (Å²) in [5.74, 6) is 0.236. The number of ether oxygens (including phenoxy) is 1. The Hall–Kier alpha value is -3.27. The number of halogens is 2. The summed E-state index contributed by atoms with van der Waals surface area (Å²) in [7, 11) is -3.87. The first-order valence-corrected chi connectivity index (χ1v) is 15.0. The summed E-state index contributed by atoms with van der Waals surface area (Å²) in [5.41, 5.74) is 0.854. The maximum atomic E-state index is 13.7. The Kier molecular flexibility index (Phi) is 10.6. The zero-order valence-corrected chi connectivity index (χ0v) is 24.3. The maximum Gasteiger partial charge on any atom is 0.244 e. The van der Waals surface area contributed by atoms with E-state index in [4.69, 9.17) is 27.9 Å². The Labute approximate surface area is 239 Å². The van der Waals surface area contributed by atoms with E-state index in [1.807, 2.05) is 18.2 Å². The van der Waals surface area contributed by atoms with Crippen LogP contribution in [-0.4, -0.2) is 50.5 Å². The largest absolute Gasteiger partial charge is 0.457 e. The van der Waals surface area contributed by atoms with Gasteiger partial charge in [0, 0.05) is 23.1 Å². The van der Waals surface area contributed by atoms with Gasteiger partial charge in [0.25, 0.3) is 0 Å². The van der Waals surface area contributed by atoms with Gasteiger partial charge in [0.05, 0.1) is 11.9 Å². The lowest BCUT2D eigenvalue weighted by Gasteiger charge is -2.33. The van der Waals surface area contributed by atoms with E-state index in [2.05, 4.69) is 5.32 Å². The molecule has 1 atom stereocenters. The van der Waals surface area contributed by atoms with Gasteiger partial charge in [-0.3, -0.25) is 13.9 Å². The number of likely N-dealkylation sites (N-methyl/N-ethyl adjacent to an activating group) is 1. The van der Waals surface area contributed by atoms with Crippen LogP contribution in [0.3, 0.4) is 0 Å². The van der Waals surface area contributed by atoms with E-state index in [9.17, 15) is 18.0 Å². The molecule has 2 amide bonds. The predicted molar refractivity (Wildman–Crippen MR) is 155 cm³/mol. The minimum atomic E-state index is -3.87. The van der Waals surface area contributed by atoms with Crippen LogP contribution >= 0.6 is 23.2 Å². The number of hydrogen-bond donors (Lipinski definition) is 1. The number of para-hydroxylation sites is 1. The highest BCUT2D eigenvalue weighted by Gasteiger charge is 2.32. The fraction of sp³-hybridized carbons (Fsp3) is 0.286. The van der Waals surface area contributed by atoms with Crippen molar-refractivity contribution in [3.63, 3.8) is 0 Å². The molecule has 0 saturated carbocycles. The van der Waals surface area contributed by atoms with Crippen LogP contribution in [0.2, 0.25) is 10.0 Å². The highest BCUT2D eigenvalue weighted by molar-refractivity contribution is 7.92. The SMILES string of the molecule is CCNC(=O)C(CC)N(Cc1ccc(Cl)cc1Cl)C(=O)CN(c1ccc(Oc2ccccc2)cc1)S(C)(=O)=O. The van der Waals surface area contributed by atoms with Crippen molar-refractivity contribution < 1.29 is 22.7 Å². The van der Waals surface area contributed by atoms with Gasteiger partial charge < -0.3 is 15.0 Å². The maximum absolute atomic E-state index is 13.7. The van der Waals surface area contributed by atoms with Crippen molar-refractivity contribution in [1.29, 1.82) is 0 Å². The van der Waals surface area contributed by atoms with E-state index in [0.29, 0.717) is 40.1 Å². The summed E-state index contributed by atoms with van der Waals surface area (Å²) in [4.78, 5) is 28.0. The number of carbonyl (C=O) groups is 2. The highest BCUT2D eigenvalue weighted by atomic mass is 35.5. The number of nitrogens with zero attached hydrogens (tertiary/aromatic N) is 2. The molecule has 0 radical (unpaired) electrons. The van der Waals surface area contributed by atoms with Crippen LogP contribution in [0.5, 0.6) is 11.5 Å². The van der Waals surface area contributed by atoms with E-state index in [1.54, 1.807) is 68.4 Å². The van der Waals surface area contributed by atoms with Crippen LogP contribution in [-0.2, 0) is 26.2 Å². The van der Waals surface area contributed by atoms with Crippen molar-refractivity contribution >= 4 is 50.7 Å². The minimum absolute atomic E-state index is 0.00800. The first-order valence-electron chi connectivity index (χ1n) is 12.3. The molecule has 11 heteroatoms. The van der Waals surface area contributed by atoms with E-state index >= 15 is 0 Å². The van der Waals surface area contributed by atoms with E-state index < -0.39 is 28.5 Å². The molecule has 8 nitrogen and oxygen atoms in total. The van der Waals surface area contributed by atoms with Crippen LogP contribution in [0.4, 0.5) is 5.69 Å². The zero-order valence-electron chi connectivity index (χ0n) is 21.9. The lowest BCUT2D eigenvalue weighted by atomic mass is 10.1. The third-order valence-corrected chi connectivity index (χ3v) is 7.60. The third-order valence-electron chi connectivity index (χ3n) is 5.88. The molecule has 0 fully saturated rings. The monoisotopic (exact) mass is 591 g/mol. The Bertz CT molecular complexity index is 1390. The molecule has 3 aromatic carbocycles. The predicted octanol–water partition coefficient (Wildman–Crippen LogP) is 5.50. The van der Waals surface area contributed by atoms with Gasteiger partial charge >= 0.3 is 0 Å². The Balaban J connectivity index is 1.91. The van der Waals surface area contributed by atoms with Crippen LogP contribution in [0.15, 0.2) is 72.8 Å². The number of benzene rings is 3. The number of sulfonamides is 1. The number of carbonyl (C=O) groups excluding carboxylic acids is 2. The number of nitrogens with one attached hydrogen (secondary N) is 1. The fourth-order valence-electron chi connectivity index (χ4n) is 3.96. The topological polar surface area (TPSA) is 96.0 Å². The fourth-order valence-corrected chi connectivity index (χ4v) is 5.28. The first-order chi connectivity index (χ1) is 18.5. The molecule has 0 spiro atoms. The van der Waals surface area contributed by atoms with Crippen molar-refractivity contribution in [2.24, 2.45) is 0 Å². The summed E-state index contributed by atoms with van der Waals surface area (Å²) in [6, 6.07) is 19.6. The molecule has 0 aromatic heterocycles. The molecule has 208 valence electrons. The zero-order chi connectivity index (χ0) is 28.6. The number of amides is 2. The van der Waals surface area contributed by atoms with Gasteiger partial charge in [-0.15, -0.1) is 0 Å². The minimum Gasteiger partial charge on any atom is -0.457 e. The third kappa shape index (κ3) is 8.36. The van der Waals surface area contributed by atoms with Crippen LogP contribution < -0.4 is 14.4 Å². The van der Waals surface area contributed by atoms with Crippen LogP contribution in [0.25, 0.3) is 0 Å². The average Bonchev–Trinajstić information content (AvgIpc) is 2.89. The van der Waals surface area contributed by atoms with Crippen LogP contribution in [0.1, 0.15) is 25.8 Å². The molecular weight excluding hydrogens is 561 g/mol. The van der Waals surface area contributed by atoms with Gasteiger partial charge in [-0.2, -0.15) is 0 Å². The van der Waals surface area contributed by atoms with Crippen molar-refractivity contribution in [3.8, 4) is 11.5 Å². The summed E-state index contributed by atoms with van der Waals surface area (Å²) in [6.07, 6.45) is 1.34. The average molecular weight is 593 g/mol. The number of hydrogen-bond acceptors (Lipinski definition) is 5. The number of rotatable bonds is 12. The standard InChI is InChI=1S/C28H31Cl2N3O5S/c1-4-26(28(35)31-5-2)32(18-20-11-12-21(29)17-25(20)30)27(34)19-33(39(3,36)37)22-13-15-24(16-14-22)38-23-9-7-6-8-10-23/h6-17,26H,4-5,18-19H2,1-3H3,(H,31,35). The van der Waals surface area contributed by atoms with E-state index in [1.165, 1.54) is 4.90 Å². The second-order valence-electron chi connectivity index (χ2n) is 8.75. The first kappa shape index (κ1) is 30.3. The summed E-state index contributed by atoms with van der Waals surface area (Å²) in [5, 5.41) is 3.51. The second kappa shape index (κ2) is 13.7. The lowest BCUT2D eigenvalue weighted by molar-refractivity contribution is -0.140. The normalized spacial score (nSPS) is 11.9. The van der Waals surface area contributed by atoms with Crippen LogP contribution in [0, 0.1) is 0 Å². The van der Waals surface area contributed by atoms with Crippen molar-refractivity contribution in [1.82, 2.24) is 10.2 Å². The quantitative estimate of drug-likeness (QED) is 0.300. The summed E-state index contributed by atoms with van der Waals surface area (Å²) < 4.78 is 32.4. The summed E-state index contributed by atoms with van der Waals surface area (Å²) in [6.45, 7) is 3.42. The van der Waals surface area contributed by atoms with E-state index in [0.717, 1.165) is 10.6 Å². The molecule has 39 heavy (non-hydrogen) atoms. The molecule has 1 unspecified atom stereocenters. The lowest BCUT2D eigenvalue weighted by Crippen LogP contribution is -2.52. The molecule has 1 N–H and O–H groups in total. The molecule has 0 aliphatic carbocycles. The van der Waals surface area contributed by atoms with Crippen molar-refractivity contribution in [2.75, 3.05) is 23.7 Å². The van der Waals surface area contributed by atoms with Gasteiger partial charge in [-0.25, -0.2) is 8.42 Å². The smallest absolute Gasteiger partial charge is 0.244 e. The molecule has 0 aliphatic rings. The Morgan fingerprint density at radius 1 is 0.949 bits per heavy atom. The molecule has 0 bridgehead atoms.